The summed E-state index contributed by atoms with van der Waals surface area (Å²) in [6, 6.07) is 3.75. The molecule has 2 unspecified atom stereocenters. The second-order valence-electron chi connectivity index (χ2n) is 8.40. The molecule has 0 bridgehead atoms. The Morgan fingerprint density at radius 1 is 1.30 bits per heavy atom. The first-order valence-electron chi connectivity index (χ1n) is 11.0. The summed E-state index contributed by atoms with van der Waals surface area (Å²) in [5.41, 5.74) is 8.69. The van der Waals surface area contributed by atoms with Gasteiger partial charge in [-0.25, -0.2) is 9.48 Å². The SMILES string of the molecule is Cc1nnnn1CC(=O)N[C@H](C)C1C(=O)NC1[C@@H](C)C(=O)C(=[N+]=[N-])C(=O)OCc1ccc([N+](=O)[O-])cc1. The Bertz CT molecular complexity index is 1280. The second-order valence-corrected chi connectivity index (χ2v) is 8.40. The van der Waals surface area contributed by atoms with Crippen LogP contribution >= 0.6 is 0 Å². The molecule has 1 fully saturated rings. The fraction of sp³-hybridized carbons (Fsp3) is 0.429. The quantitative estimate of drug-likeness (QED) is 0.0551. The topological polar surface area (TPSA) is 225 Å². The number of tetrazole rings is 1. The van der Waals surface area contributed by atoms with Crippen molar-refractivity contribution in [1.82, 2.24) is 30.8 Å². The molecule has 1 aromatic heterocycles. The third kappa shape index (κ3) is 6.05. The number of nitro benzene ring substituents is 1. The van der Waals surface area contributed by atoms with Crippen molar-refractivity contribution in [3.8, 4) is 0 Å². The summed E-state index contributed by atoms with van der Waals surface area (Å²) in [7, 11) is 0. The maximum absolute atomic E-state index is 12.9. The maximum atomic E-state index is 12.9. The molecule has 2 amide bonds. The lowest BCUT2D eigenvalue weighted by Gasteiger charge is -2.42. The largest absolute Gasteiger partial charge is 0.452 e. The molecule has 0 saturated carbocycles. The molecule has 1 saturated heterocycles. The maximum Gasteiger partial charge on any atom is 0.441 e. The number of ketones is 1. The average molecular weight is 513 g/mol. The first-order valence-corrected chi connectivity index (χ1v) is 11.0. The molecule has 37 heavy (non-hydrogen) atoms. The summed E-state index contributed by atoms with van der Waals surface area (Å²) in [6.07, 6.45) is 0. The van der Waals surface area contributed by atoms with Crippen LogP contribution in [0.15, 0.2) is 24.3 Å². The number of benzene rings is 1. The van der Waals surface area contributed by atoms with E-state index in [1.807, 2.05) is 0 Å². The molecule has 0 aliphatic carbocycles. The van der Waals surface area contributed by atoms with Gasteiger partial charge in [-0.05, 0) is 42.0 Å². The normalized spacial score (nSPS) is 17.9. The van der Waals surface area contributed by atoms with E-state index in [4.69, 9.17) is 4.74 Å². The molecule has 194 valence electrons. The first-order chi connectivity index (χ1) is 17.5. The summed E-state index contributed by atoms with van der Waals surface area (Å²) < 4.78 is 6.29. The highest BCUT2D eigenvalue weighted by Crippen LogP contribution is 2.26. The third-order valence-electron chi connectivity index (χ3n) is 5.93. The molecule has 16 heteroatoms. The minimum Gasteiger partial charge on any atom is -0.452 e. The Morgan fingerprint density at radius 3 is 2.51 bits per heavy atom. The smallest absolute Gasteiger partial charge is 0.441 e. The number of carbonyl (C=O) groups excluding carboxylic acids is 4. The predicted octanol–water partition coefficient (Wildman–Crippen LogP) is -0.872. The van der Waals surface area contributed by atoms with Crippen molar-refractivity contribution in [2.24, 2.45) is 11.8 Å². The van der Waals surface area contributed by atoms with Crippen molar-refractivity contribution in [1.29, 1.82) is 0 Å². The van der Waals surface area contributed by atoms with Crippen LogP contribution in [-0.4, -0.2) is 71.3 Å². The van der Waals surface area contributed by atoms with Crippen LogP contribution in [0.1, 0.15) is 25.2 Å². The lowest BCUT2D eigenvalue weighted by atomic mass is 9.75. The molecule has 2 N–H and O–H groups in total. The van der Waals surface area contributed by atoms with Gasteiger partial charge in [0, 0.05) is 24.1 Å². The summed E-state index contributed by atoms with van der Waals surface area (Å²) in [4.78, 5) is 62.8. The lowest BCUT2D eigenvalue weighted by Crippen LogP contribution is -2.68. The molecular weight excluding hydrogens is 490 g/mol. The van der Waals surface area contributed by atoms with Crippen LogP contribution in [0, 0.1) is 28.9 Å². The van der Waals surface area contributed by atoms with E-state index in [1.54, 1.807) is 13.8 Å². The lowest BCUT2D eigenvalue weighted by molar-refractivity contribution is -0.384. The zero-order valence-corrected chi connectivity index (χ0v) is 20.0. The van der Waals surface area contributed by atoms with Crippen LogP contribution < -0.4 is 10.6 Å². The molecule has 1 aliphatic heterocycles. The number of nitro groups is 1. The molecule has 0 radical (unpaired) electrons. The van der Waals surface area contributed by atoms with Gasteiger partial charge in [0.15, 0.2) is 0 Å². The number of nitrogens with one attached hydrogen (secondary N) is 2. The Morgan fingerprint density at radius 2 is 1.97 bits per heavy atom. The number of hydrogen-bond acceptors (Lipinski definition) is 10. The van der Waals surface area contributed by atoms with Gasteiger partial charge in [0.05, 0.1) is 16.9 Å². The molecule has 3 rings (SSSR count). The number of aryl methyl sites for hydroxylation is 1. The minimum absolute atomic E-state index is 0.148. The van der Waals surface area contributed by atoms with Gasteiger partial charge in [-0.1, -0.05) is 6.92 Å². The number of amides is 2. The molecular formula is C21H23N9O7. The standard InChI is InChI=1S/C21H23N9O7/c1-10(17-16(20(33)24-17)11(2)23-15(31)8-29-12(3)26-27-28-29)19(32)18(25-22)21(34)37-9-13-4-6-14(7-5-13)30(35)36/h4-7,10-11,16-17H,8-9H2,1-3H3,(H,23,31)(H,24,33)/t10-,11-,16?,17?/m1/s1. The Kier molecular flexibility index (Phi) is 8.14. The van der Waals surface area contributed by atoms with Crippen molar-refractivity contribution in [3.05, 3.63) is 51.3 Å². The number of carbonyl (C=O) groups is 4. The number of Topliss-reactive ketones (excluding diaryl/α,β-unsaturated/α-hetero) is 1. The summed E-state index contributed by atoms with van der Waals surface area (Å²) in [5.74, 6) is -4.31. The van der Waals surface area contributed by atoms with Crippen LogP contribution in [0.3, 0.4) is 0 Å². The number of nitrogens with zero attached hydrogens (tertiary/aromatic N) is 7. The van der Waals surface area contributed by atoms with E-state index in [0.717, 1.165) is 0 Å². The number of aromatic nitrogens is 4. The van der Waals surface area contributed by atoms with E-state index < -0.39 is 58.1 Å². The zero-order chi connectivity index (χ0) is 27.3. The summed E-state index contributed by atoms with van der Waals surface area (Å²) in [5, 5.41) is 26.8. The first kappa shape index (κ1) is 26.7. The number of rotatable bonds is 11. The number of ether oxygens (including phenoxy) is 1. The molecule has 16 nitrogen and oxygen atoms in total. The number of hydrogen-bond donors (Lipinski definition) is 2. The summed E-state index contributed by atoms with van der Waals surface area (Å²) >= 11 is 0. The molecule has 2 aromatic rings. The number of non-ortho nitro benzene ring substituents is 1. The highest BCUT2D eigenvalue weighted by Gasteiger charge is 2.50. The zero-order valence-electron chi connectivity index (χ0n) is 20.0. The van der Waals surface area contributed by atoms with Crippen LogP contribution in [0.5, 0.6) is 0 Å². The predicted molar refractivity (Wildman–Crippen MR) is 121 cm³/mol. The van der Waals surface area contributed by atoms with E-state index in [9.17, 15) is 34.8 Å². The Hall–Kier alpha value is -4.85. The minimum atomic E-state index is -1.21. The molecule has 2 heterocycles. The van der Waals surface area contributed by atoms with Crippen molar-refractivity contribution in [3.63, 3.8) is 0 Å². The monoisotopic (exact) mass is 513 g/mol. The summed E-state index contributed by atoms with van der Waals surface area (Å²) in [6.45, 7) is 4.16. The molecule has 0 spiro atoms. The van der Waals surface area contributed by atoms with Gasteiger partial charge in [-0.2, -0.15) is 4.79 Å². The average Bonchev–Trinajstić information content (AvgIpc) is 3.24. The third-order valence-corrected chi connectivity index (χ3v) is 5.93. The Labute approximate surface area is 209 Å². The van der Waals surface area contributed by atoms with Gasteiger partial charge < -0.3 is 20.9 Å². The van der Waals surface area contributed by atoms with Gasteiger partial charge in [0.2, 0.25) is 11.8 Å². The second kappa shape index (κ2) is 11.3. The fourth-order valence-electron chi connectivity index (χ4n) is 3.81. The number of β-lactam (4-membered cyclic amide) rings is 1. The van der Waals surface area contributed by atoms with E-state index >= 15 is 0 Å². The van der Waals surface area contributed by atoms with Gasteiger partial charge >= 0.3 is 11.7 Å². The Balaban J connectivity index is 1.59. The van der Waals surface area contributed by atoms with Crippen LogP contribution in [0.25, 0.3) is 5.53 Å². The van der Waals surface area contributed by atoms with Gasteiger partial charge in [0.1, 0.15) is 19.0 Å². The van der Waals surface area contributed by atoms with E-state index in [2.05, 4.69) is 30.9 Å². The van der Waals surface area contributed by atoms with Crippen LogP contribution in [-0.2, 0) is 37.1 Å². The van der Waals surface area contributed by atoms with E-state index in [0.29, 0.717) is 11.4 Å². The van der Waals surface area contributed by atoms with Gasteiger partial charge in [0.25, 0.3) is 11.5 Å². The van der Waals surface area contributed by atoms with E-state index in [1.165, 1.54) is 35.9 Å². The van der Waals surface area contributed by atoms with Gasteiger partial charge in [-0.3, -0.25) is 24.5 Å². The highest BCUT2D eigenvalue weighted by molar-refractivity contribution is 6.62. The van der Waals surface area contributed by atoms with Crippen molar-refractivity contribution >= 4 is 35.0 Å². The highest BCUT2D eigenvalue weighted by atomic mass is 16.6. The van der Waals surface area contributed by atoms with E-state index in [-0.39, 0.29) is 18.8 Å². The van der Waals surface area contributed by atoms with Gasteiger partial charge in [-0.15, -0.1) is 5.10 Å². The van der Waals surface area contributed by atoms with Crippen LogP contribution in [0.2, 0.25) is 0 Å². The van der Waals surface area contributed by atoms with Crippen molar-refractivity contribution in [2.45, 2.75) is 46.0 Å². The molecule has 1 aliphatic rings. The number of esters is 1. The molecule has 1 aromatic carbocycles. The van der Waals surface area contributed by atoms with Crippen LogP contribution in [0.4, 0.5) is 5.69 Å². The molecule has 4 atom stereocenters. The van der Waals surface area contributed by atoms with Crippen molar-refractivity contribution < 1.29 is 33.6 Å². The van der Waals surface area contributed by atoms with Crippen molar-refractivity contribution in [2.75, 3.05) is 0 Å². The fourth-order valence-corrected chi connectivity index (χ4v) is 3.81.